The van der Waals surface area contributed by atoms with E-state index in [0.29, 0.717) is 0 Å². The van der Waals surface area contributed by atoms with Gasteiger partial charge in [-0.1, -0.05) is 30.3 Å². The van der Waals surface area contributed by atoms with Crippen LogP contribution in [0.1, 0.15) is 12.5 Å². The third-order valence-electron chi connectivity index (χ3n) is 2.30. The number of nitrogens with one attached hydrogen (secondary N) is 2. The monoisotopic (exact) mass is 259 g/mol. The van der Waals surface area contributed by atoms with E-state index < -0.39 is 5.56 Å². The smallest absolute Gasteiger partial charge is 0.294 e. The van der Waals surface area contributed by atoms with Crippen LogP contribution in [0.5, 0.6) is 5.75 Å². The molecule has 2 rings (SSSR count). The van der Waals surface area contributed by atoms with Gasteiger partial charge >= 0.3 is 0 Å². The van der Waals surface area contributed by atoms with E-state index in [9.17, 15) is 9.59 Å². The van der Waals surface area contributed by atoms with Gasteiger partial charge < -0.3 is 4.74 Å². The van der Waals surface area contributed by atoms with Crippen molar-refractivity contribution in [1.82, 2.24) is 9.97 Å². The van der Waals surface area contributed by atoms with Crippen molar-refractivity contribution in [2.45, 2.75) is 13.5 Å². The molecule has 2 N–H and O–H groups in total. The Morgan fingerprint density at radius 2 is 2.11 bits per heavy atom. The summed E-state index contributed by atoms with van der Waals surface area (Å²) in [7, 11) is 0. The fraction of sp³-hybridized carbons (Fsp3) is 0.154. The Morgan fingerprint density at radius 1 is 1.37 bits per heavy atom. The first-order chi connectivity index (χ1) is 9.15. The lowest BCUT2D eigenvalue weighted by molar-refractivity contribution is -0.114. The van der Waals surface area contributed by atoms with Gasteiger partial charge in [0.25, 0.3) is 5.56 Å². The molecule has 0 aliphatic carbocycles. The quantitative estimate of drug-likeness (QED) is 0.867. The van der Waals surface area contributed by atoms with Crippen LogP contribution in [0.3, 0.4) is 0 Å². The summed E-state index contributed by atoms with van der Waals surface area (Å²) in [6.45, 7) is 1.62. The zero-order valence-electron chi connectivity index (χ0n) is 10.3. The van der Waals surface area contributed by atoms with Gasteiger partial charge in [-0.25, -0.2) is 4.98 Å². The summed E-state index contributed by atoms with van der Waals surface area (Å²) in [6, 6.07) is 9.47. The fourth-order valence-corrected chi connectivity index (χ4v) is 1.45. The lowest BCUT2D eigenvalue weighted by atomic mass is 10.2. The minimum atomic E-state index is -0.435. The number of carbonyl (C=O) groups excluding carboxylic acids is 1. The molecular formula is C13H13N3O3. The highest BCUT2D eigenvalue weighted by molar-refractivity contribution is 5.86. The zero-order valence-corrected chi connectivity index (χ0v) is 10.3. The Morgan fingerprint density at radius 3 is 2.74 bits per heavy atom. The lowest BCUT2D eigenvalue weighted by Gasteiger charge is -2.06. The highest BCUT2D eigenvalue weighted by atomic mass is 16.5. The molecule has 0 fully saturated rings. The zero-order chi connectivity index (χ0) is 13.7. The van der Waals surface area contributed by atoms with E-state index in [1.54, 1.807) is 0 Å². The molecule has 0 radical (unpaired) electrons. The van der Waals surface area contributed by atoms with Gasteiger partial charge in [0.05, 0.1) is 6.20 Å². The number of H-pyrrole nitrogens is 1. The van der Waals surface area contributed by atoms with Crippen LogP contribution in [-0.2, 0) is 11.4 Å². The van der Waals surface area contributed by atoms with Crippen LogP contribution < -0.4 is 15.6 Å². The molecule has 0 bridgehead atoms. The number of benzene rings is 1. The summed E-state index contributed by atoms with van der Waals surface area (Å²) in [5.74, 6) is -0.0939. The van der Waals surface area contributed by atoms with Gasteiger partial charge in [0, 0.05) is 6.92 Å². The molecule has 0 saturated carbocycles. The number of hydrogen-bond donors (Lipinski definition) is 2. The molecule has 1 amide bonds. The van der Waals surface area contributed by atoms with Crippen LogP contribution in [0, 0.1) is 0 Å². The maximum atomic E-state index is 11.7. The number of nitrogens with zero attached hydrogens (tertiary/aromatic N) is 1. The van der Waals surface area contributed by atoms with Crippen molar-refractivity contribution >= 4 is 11.9 Å². The molecule has 0 unspecified atom stereocenters. The molecule has 0 saturated heterocycles. The number of carbonyl (C=O) groups is 1. The Bertz CT molecular complexity index is 623. The highest BCUT2D eigenvalue weighted by Gasteiger charge is 2.05. The maximum Gasteiger partial charge on any atom is 0.294 e. The molecule has 1 aromatic carbocycles. The van der Waals surface area contributed by atoms with Crippen LogP contribution in [0.4, 0.5) is 5.95 Å². The Balaban J connectivity index is 2.05. The number of hydrogen-bond acceptors (Lipinski definition) is 4. The first kappa shape index (κ1) is 12.8. The van der Waals surface area contributed by atoms with Crippen molar-refractivity contribution in [3.63, 3.8) is 0 Å². The van der Waals surface area contributed by atoms with Gasteiger partial charge in [0.2, 0.25) is 17.6 Å². The van der Waals surface area contributed by atoms with Crippen LogP contribution in [0.25, 0.3) is 0 Å². The summed E-state index contributed by atoms with van der Waals surface area (Å²) in [5, 5.41) is 2.39. The molecule has 6 heteroatoms. The molecule has 1 heterocycles. The van der Waals surface area contributed by atoms with Gasteiger partial charge in [0.15, 0.2) is 0 Å². The largest absolute Gasteiger partial charge is 0.482 e. The van der Waals surface area contributed by atoms with Gasteiger partial charge in [0.1, 0.15) is 6.61 Å². The summed E-state index contributed by atoms with van der Waals surface area (Å²) in [4.78, 5) is 28.8. The van der Waals surface area contributed by atoms with Crippen molar-refractivity contribution in [2.75, 3.05) is 5.32 Å². The average Bonchev–Trinajstić information content (AvgIpc) is 2.38. The molecule has 19 heavy (non-hydrogen) atoms. The second-order valence-electron chi connectivity index (χ2n) is 3.88. The molecule has 98 valence electrons. The SMILES string of the molecule is CC(=O)Nc1ncc(OCc2ccccc2)c(=O)[nH]1. The second kappa shape index (κ2) is 5.81. The maximum absolute atomic E-state index is 11.7. The number of amides is 1. The lowest BCUT2D eigenvalue weighted by Crippen LogP contribution is -2.17. The van der Waals surface area contributed by atoms with Crippen LogP contribution >= 0.6 is 0 Å². The van der Waals surface area contributed by atoms with E-state index in [4.69, 9.17) is 4.74 Å². The summed E-state index contributed by atoms with van der Waals surface area (Å²) in [6.07, 6.45) is 1.28. The van der Waals surface area contributed by atoms with E-state index >= 15 is 0 Å². The predicted molar refractivity (Wildman–Crippen MR) is 69.9 cm³/mol. The normalized spacial score (nSPS) is 9.95. The van der Waals surface area contributed by atoms with Gasteiger partial charge in [-0.05, 0) is 5.56 Å². The van der Waals surface area contributed by atoms with Crippen molar-refractivity contribution in [3.8, 4) is 5.75 Å². The summed E-state index contributed by atoms with van der Waals surface area (Å²) >= 11 is 0. The molecule has 1 aromatic heterocycles. The third-order valence-corrected chi connectivity index (χ3v) is 2.30. The highest BCUT2D eigenvalue weighted by Crippen LogP contribution is 2.06. The van der Waals surface area contributed by atoms with Crippen molar-refractivity contribution < 1.29 is 9.53 Å². The molecule has 0 atom stereocenters. The topological polar surface area (TPSA) is 84.1 Å². The van der Waals surface area contributed by atoms with E-state index in [-0.39, 0.29) is 24.2 Å². The fourth-order valence-electron chi connectivity index (χ4n) is 1.45. The van der Waals surface area contributed by atoms with Gasteiger partial charge in [-0.15, -0.1) is 0 Å². The first-order valence-electron chi connectivity index (χ1n) is 5.69. The van der Waals surface area contributed by atoms with Crippen molar-refractivity contribution in [1.29, 1.82) is 0 Å². The molecule has 6 nitrogen and oxygen atoms in total. The number of rotatable bonds is 4. The molecule has 2 aromatic rings. The van der Waals surface area contributed by atoms with Crippen LogP contribution in [-0.4, -0.2) is 15.9 Å². The van der Waals surface area contributed by atoms with Gasteiger partial charge in [-0.2, -0.15) is 0 Å². The first-order valence-corrected chi connectivity index (χ1v) is 5.69. The Labute approximate surface area is 109 Å². The second-order valence-corrected chi connectivity index (χ2v) is 3.88. The minimum Gasteiger partial charge on any atom is -0.482 e. The minimum absolute atomic E-state index is 0.101. The van der Waals surface area contributed by atoms with Crippen molar-refractivity contribution in [2.24, 2.45) is 0 Å². The van der Waals surface area contributed by atoms with E-state index in [0.717, 1.165) is 5.56 Å². The molecule has 0 aliphatic heterocycles. The number of anilines is 1. The van der Waals surface area contributed by atoms with Crippen LogP contribution in [0.15, 0.2) is 41.3 Å². The Kier molecular flexibility index (Phi) is 3.92. The van der Waals surface area contributed by atoms with Crippen molar-refractivity contribution in [3.05, 3.63) is 52.4 Å². The summed E-state index contributed by atoms with van der Waals surface area (Å²) in [5.41, 5.74) is 0.516. The number of ether oxygens (including phenoxy) is 1. The number of aromatic amines is 1. The predicted octanol–water partition coefficient (Wildman–Crippen LogP) is 1.31. The molecule has 0 spiro atoms. The Hall–Kier alpha value is -2.63. The van der Waals surface area contributed by atoms with Gasteiger partial charge in [-0.3, -0.25) is 19.9 Å². The average molecular weight is 259 g/mol. The van der Waals surface area contributed by atoms with E-state index in [1.165, 1.54) is 13.1 Å². The molecular weight excluding hydrogens is 246 g/mol. The van der Waals surface area contributed by atoms with E-state index in [1.807, 2.05) is 30.3 Å². The van der Waals surface area contributed by atoms with Crippen LogP contribution in [0.2, 0.25) is 0 Å². The van der Waals surface area contributed by atoms with E-state index in [2.05, 4.69) is 15.3 Å². The summed E-state index contributed by atoms with van der Waals surface area (Å²) < 4.78 is 5.36. The third kappa shape index (κ3) is 3.67. The molecule has 0 aliphatic rings. The standard InChI is InChI=1S/C13H13N3O3/c1-9(17)15-13-14-7-11(12(18)16-13)19-8-10-5-3-2-4-6-10/h2-7H,8H2,1H3,(H2,14,15,16,17,18). The number of aromatic nitrogens is 2.